The average Bonchev–Trinajstić information content (AvgIpc) is 2.65. The Balaban J connectivity index is 2.00. The van der Waals surface area contributed by atoms with Crippen LogP contribution in [-0.2, 0) is 9.53 Å². The molecule has 0 unspecified atom stereocenters. The van der Waals surface area contributed by atoms with Crippen molar-refractivity contribution >= 4 is 34.5 Å². The zero-order valence-corrected chi connectivity index (χ0v) is 14.6. The molecule has 3 aromatic heterocycles. The van der Waals surface area contributed by atoms with Crippen LogP contribution >= 0.6 is 11.6 Å². The molecule has 0 atom stereocenters. The first-order valence-corrected chi connectivity index (χ1v) is 8.20. The molecule has 0 bridgehead atoms. The van der Waals surface area contributed by atoms with Crippen molar-refractivity contribution in [1.82, 2.24) is 14.4 Å². The second-order valence-corrected chi connectivity index (χ2v) is 5.63. The van der Waals surface area contributed by atoms with Crippen LogP contribution < -0.4 is 10.9 Å². The molecule has 26 heavy (non-hydrogen) atoms. The third kappa shape index (κ3) is 3.73. The Hall–Kier alpha value is -3.19. The predicted molar refractivity (Wildman–Crippen MR) is 98.9 cm³/mol. The highest BCUT2D eigenvalue weighted by molar-refractivity contribution is 6.30. The van der Waals surface area contributed by atoms with Crippen molar-refractivity contribution in [3.63, 3.8) is 0 Å². The van der Waals surface area contributed by atoms with Crippen LogP contribution in [0.4, 0.5) is 5.69 Å². The third-order valence-electron chi connectivity index (χ3n) is 3.47. The van der Waals surface area contributed by atoms with E-state index >= 15 is 0 Å². The number of fused-ring (bicyclic) bond motifs is 1. The van der Waals surface area contributed by atoms with E-state index in [0.29, 0.717) is 16.4 Å². The van der Waals surface area contributed by atoms with Crippen LogP contribution in [0, 0.1) is 0 Å². The van der Waals surface area contributed by atoms with E-state index in [1.165, 1.54) is 23.0 Å². The number of halogens is 1. The number of pyridine rings is 2. The Bertz CT molecular complexity index is 1030. The highest BCUT2D eigenvalue weighted by atomic mass is 35.5. The van der Waals surface area contributed by atoms with Crippen LogP contribution in [-0.4, -0.2) is 26.9 Å². The molecule has 0 radical (unpaired) electrons. The van der Waals surface area contributed by atoms with Gasteiger partial charge in [-0.3, -0.25) is 14.2 Å². The Morgan fingerprint density at radius 2 is 2.15 bits per heavy atom. The quantitative estimate of drug-likeness (QED) is 0.549. The van der Waals surface area contributed by atoms with Gasteiger partial charge < -0.3 is 10.1 Å². The number of nitrogens with zero attached hydrogens (tertiary/aromatic N) is 3. The van der Waals surface area contributed by atoms with Crippen molar-refractivity contribution in [2.45, 2.75) is 6.92 Å². The van der Waals surface area contributed by atoms with E-state index in [0.717, 1.165) is 0 Å². The molecule has 0 aliphatic rings. The number of rotatable bonds is 5. The number of ether oxygens (including phenoxy) is 1. The number of esters is 1. The maximum absolute atomic E-state index is 12.6. The molecule has 0 aromatic carbocycles. The van der Waals surface area contributed by atoms with Crippen molar-refractivity contribution < 1.29 is 9.53 Å². The molecular formula is C18H15ClN4O3. The maximum Gasteiger partial charge on any atom is 0.341 e. The summed E-state index contributed by atoms with van der Waals surface area (Å²) < 4.78 is 6.38. The first kappa shape index (κ1) is 17.6. The monoisotopic (exact) mass is 370 g/mol. The fourth-order valence-corrected chi connectivity index (χ4v) is 2.43. The molecule has 3 aromatic rings. The first-order valence-electron chi connectivity index (χ1n) is 7.82. The molecule has 3 rings (SSSR count). The van der Waals surface area contributed by atoms with Crippen LogP contribution in [0.15, 0.2) is 59.9 Å². The van der Waals surface area contributed by atoms with E-state index in [-0.39, 0.29) is 23.4 Å². The SMILES string of the molecule is CCOC(=O)/C(=C\Nc1cnc2ccc(Cl)cn2c1=O)c1ccccn1. The van der Waals surface area contributed by atoms with E-state index in [9.17, 15) is 9.59 Å². The molecule has 8 heteroatoms. The standard InChI is InChI=1S/C18H15ClN4O3/c1-2-26-18(25)13(14-5-3-4-8-20-14)9-21-15-10-22-16-7-6-12(19)11-23(16)17(15)24/h3-11,21H,2H2,1H3/b13-9-. The van der Waals surface area contributed by atoms with Gasteiger partial charge in [0.15, 0.2) is 0 Å². The van der Waals surface area contributed by atoms with Crippen molar-refractivity contribution in [2.24, 2.45) is 0 Å². The fourth-order valence-electron chi connectivity index (χ4n) is 2.27. The van der Waals surface area contributed by atoms with Gasteiger partial charge in [0, 0.05) is 18.6 Å². The lowest BCUT2D eigenvalue weighted by Gasteiger charge is -2.08. The average molecular weight is 371 g/mol. The van der Waals surface area contributed by atoms with Crippen molar-refractivity contribution in [3.8, 4) is 0 Å². The molecule has 0 saturated carbocycles. The van der Waals surface area contributed by atoms with Crippen molar-refractivity contribution in [3.05, 3.63) is 76.2 Å². The second kappa shape index (κ2) is 7.79. The number of hydrogen-bond donors (Lipinski definition) is 1. The van der Waals surface area contributed by atoms with Crippen LogP contribution in [0.2, 0.25) is 5.02 Å². The normalized spacial score (nSPS) is 11.4. The van der Waals surface area contributed by atoms with Crippen molar-refractivity contribution in [2.75, 3.05) is 11.9 Å². The third-order valence-corrected chi connectivity index (χ3v) is 3.70. The van der Waals surface area contributed by atoms with E-state index < -0.39 is 5.97 Å². The first-order chi connectivity index (χ1) is 12.6. The molecule has 132 valence electrons. The molecule has 3 heterocycles. The van der Waals surface area contributed by atoms with Crippen LogP contribution in [0.5, 0.6) is 0 Å². The van der Waals surface area contributed by atoms with Gasteiger partial charge in [-0.25, -0.2) is 9.78 Å². The lowest BCUT2D eigenvalue weighted by atomic mass is 10.2. The molecule has 0 spiro atoms. The number of carbonyl (C=O) groups excluding carboxylic acids is 1. The van der Waals surface area contributed by atoms with Gasteiger partial charge in [0.25, 0.3) is 5.56 Å². The number of carbonyl (C=O) groups is 1. The summed E-state index contributed by atoms with van der Waals surface area (Å²) in [5.41, 5.74) is 0.920. The van der Waals surface area contributed by atoms with Gasteiger partial charge in [-0.1, -0.05) is 17.7 Å². The second-order valence-electron chi connectivity index (χ2n) is 5.19. The largest absolute Gasteiger partial charge is 0.462 e. The summed E-state index contributed by atoms with van der Waals surface area (Å²) >= 11 is 5.94. The molecule has 0 saturated heterocycles. The molecule has 1 N–H and O–H groups in total. The number of anilines is 1. The maximum atomic E-state index is 12.6. The zero-order valence-electron chi connectivity index (χ0n) is 13.8. The van der Waals surface area contributed by atoms with Gasteiger partial charge in [-0.15, -0.1) is 0 Å². The minimum atomic E-state index is -0.546. The van der Waals surface area contributed by atoms with E-state index in [4.69, 9.17) is 16.3 Å². The summed E-state index contributed by atoms with van der Waals surface area (Å²) in [5, 5.41) is 3.23. The van der Waals surface area contributed by atoms with Crippen LogP contribution in [0.25, 0.3) is 11.2 Å². The van der Waals surface area contributed by atoms with Gasteiger partial charge in [0.05, 0.1) is 23.5 Å². The Morgan fingerprint density at radius 1 is 1.31 bits per heavy atom. The Kier molecular flexibility index (Phi) is 5.28. The predicted octanol–water partition coefficient (Wildman–Crippen LogP) is 2.76. The highest BCUT2D eigenvalue weighted by Crippen LogP contribution is 2.14. The molecule has 7 nitrogen and oxygen atoms in total. The topological polar surface area (TPSA) is 85.6 Å². The van der Waals surface area contributed by atoms with E-state index in [2.05, 4.69) is 15.3 Å². The molecule has 0 amide bonds. The summed E-state index contributed by atoms with van der Waals surface area (Å²) in [4.78, 5) is 33.1. The lowest BCUT2D eigenvalue weighted by molar-refractivity contribution is -0.136. The lowest BCUT2D eigenvalue weighted by Crippen LogP contribution is -2.18. The summed E-state index contributed by atoms with van der Waals surface area (Å²) in [7, 11) is 0. The summed E-state index contributed by atoms with van der Waals surface area (Å²) in [6.45, 7) is 1.94. The van der Waals surface area contributed by atoms with E-state index in [1.807, 2.05) is 0 Å². The minimum Gasteiger partial charge on any atom is -0.462 e. The number of hydrogen-bond acceptors (Lipinski definition) is 6. The summed E-state index contributed by atoms with van der Waals surface area (Å²) in [6, 6.07) is 8.46. The van der Waals surface area contributed by atoms with Gasteiger partial charge in [-0.2, -0.15) is 0 Å². The van der Waals surface area contributed by atoms with Gasteiger partial charge in [0.2, 0.25) is 0 Å². The Morgan fingerprint density at radius 3 is 2.88 bits per heavy atom. The fraction of sp³-hybridized carbons (Fsp3) is 0.111. The van der Waals surface area contributed by atoms with Crippen LogP contribution in [0.3, 0.4) is 0 Å². The smallest absolute Gasteiger partial charge is 0.341 e. The Labute approximate surface area is 153 Å². The van der Waals surface area contributed by atoms with Crippen molar-refractivity contribution in [1.29, 1.82) is 0 Å². The summed E-state index contributed by atoms with van der Waals surface area (Å²) in [6.07, 6.45) is 5.82. The molecule has 0 aliphatic heterocycles. The van der Waals surface area contributed by atoms with Gasteiger partial charge in [-0.05, 0) is 31.2 Å². The van der Waals surface area contributed by atoms with Gasteiger partial charge >= 0.3 is 5.97 Å². The molecule has 0 aliphatic carbocycles. The molecular weight excluding hydrogens is 356 g/mol. The highest BCUT2D eigenvalue weighted by Gasteiger charge is 2.15. The van der Waals surface area contributed by atoms with E-state index in [1.54, 1.807) is 43.5 Å². The van der Waals surface area contributed by atoms with Gasteiger partial charge in [0.1, 0.15) is 16.9 Å². The number of nitrogens with one attached hydrogen (secondary N) is 1. The summed E-state index contributed by atoms with van der Waals surface area (Å²) in [5.74, 6) is -0.546. The molecule has 0 fully saturated rings. The van der Waals surface area contributed by atoms with Crippen LogP contribution in [0.1, 0.15) is 12.6 Å². The number of aromatic nitrogens is 3. The zero-order chi connectivity index (χ0) is 18.5. The minimum absolute atomic E-state index is 0.183.